The first kappa shape index (κ1) is 20.5. The molecule has 0 aliphatic rings. The second-order valence-electron chi connectivity index (χ2n) is 3.05. The summed E-state index contributed by atoms with van der Waals surface area (Å²) in [5.74, 6) is 5.63. The fraction of sp³-hybridized carbons (Fsp3) is 0.692. The summed E-state index contributed by atoms with van der Waals surface area (Å²) in [5.41, 5.74) is 6.61. The molecule has 0 aromatic rings. The number of nitrogens with zero attached hydrogens (tertiary/aromatic N) is 1. The minimum absolute atomic E-state index is 0.868. The Morgan fingerprint density at radius 2 is 1.69 bits per heavy atom. The Hall–Kier alpha value is -0.960. The average Bonchev–Trinajstić information content (AvgIpc) is 2.32. The number of nitrogens with two attached hydrogens (primary N) is 2. The summed E-state index contributed by atoms with van der Waals surface area (Å²) in [6.45, 7) is 15.1. The summed E-state index contributed by atoms with van der Waals surface area (Å²) >= 11 is 0. The highest BCUT2D eigenvalue weighted by Crippen LogP contribution is 2.01. The Bertz CT molecular complexity index is 144. The highest BCUT2D eigenvalue weighted by atomic mass is 15.4. The molecule has 0 aromatic carbocycles. The zero-order valence-electron chi connectivity index (χ0n) is 11.6. The molecule has 0 aliphatic heterocycles. The Kier molecular flexibility index (Phi) is 25.0. The zero-order chi connectivity index (χ0) is 13.4. The van der Waals surface area contributed by atoms with Gasteiger partial charge in [0.05, 0.1) is 0 Å². The SMILES string of the molecule is C=C.CC.CCCC/C(N)=C/N(N)CCC. The molecule has 0 unspecified atom stereocenters. The normalized spacial score (nSPS) is 9.44. The van der Waals surface area contributed by atoms with Crippen LogP contribution < -0.4 is 11.6 Å². The van der Waals surface area contributed by atoms with Crippen LogP contribution in [0.5, 0.6) is 0 Å². The lowest BCUT2D eigenvalue weighted by atomic mass is 10.2. The van der Waals surface area contributed by atoms with Crippen LogP contribution in [0.4, 0.5) is 0 Å². The third-order valence-electron chi connectivity index (χ3n) is 1.63. The number of hydrogen-bond acceptors (Lipinski definition) is 3. The van der Waals surface area contributed by atoms with E-state index in [1.165, 1.54) is 6.42 Å². The number of rotatable bonds is 6. The maximum absolute atomic E-state index is 5.73. The van der Waals surface area contributed by atoms with Crippen LogP contribution in [0.15, 0.2) is 25.1 Å². The highest BCUT2D eigenvalue weighted by molar-refractivity contribution is 4.94. The van der Waals surface area contributed by atoms with Gasteiger partial charge in [-0.1, -0.05) is 34.1 Å². The fourth-order valence-corrected chi connectivity index (χ4v) is 0.981. The van der Waals surface area contributed by atoms with Crippen molar-refractivity contribution >= 4 is 0 Å². The molecule has 0 atom stereocenters. The van der Waals surface area contributed by atoms with Crippen molar-refractivity contribution in [2.75, 3.05) is 6.54 Å². The van der Waals surface area contributed by atoms with Gasteiger partial charge in [0.25, 0.3) is 0 Å². The molecule has 0 aliphatic carbocycles. The first-order valence-electron chi connectivity index (χ1n) is 6.18. The Balaban J connectivity index is -0.000000376. The quantitative estimate of drug-likeness (QED) is 0.417. The molecular formula is C13H31N3. The molecule has 0 fully saturated rings. The van der Waals surface area contributed by atoms with Gasteiger partial charge in [0.1, 0.15) is 0 Å². The van der Waals surface area contributed by atoms with E-state index in [0.29, 0.717) is 0 Å². The Morgan fingerprint density at radius 3 is 2.06 bits per heavy atom. The zero-order valence-corrected chi connectivity index (χ0v) is 11.6. The van der Waals surface area contributed by atoms with Crippen molar-refractivity contribution in [2.45, 2.75) is 53.4 Å². The van der Waals surface area contributed by atoms with E-state index in [1.807, 2.05) is 20.0 Å². The van der Waals surface area contributed by atoms with Crippen LogP contribution in [0.1, 0.15) is 53.4 Å². The van der Waals surface area contributed by atoms with Crippen LogP contribution in [0.3, 0.4) is 0 Å². The summed E-state index contributed by atoms with van der Waals surface area (Å²) in [7, 11) is 0. The summed E-state index contributed by atoms with van der Waals surface area (Å²) in [5, 5.41) is 1.66. The molecule has 16 heavy (non-hydrogen) atoms. The van der Waals surface area contributed by atoms with Crippen LogP contribution in [-0.4, -0.2) is 11.6 Å². The summed E-state index contributed by atoms with van der Waals surface area (Å²) in [6.07, 6.45) is 6.15. The minimum atomic E-state index is 0.868. The van der Waals surface area contributed by atoms with Crippen LogP contribution in [0, 0.1) is 0 Å². The van der Waals surface area contributed by atoms with Gasteiger partial charge < -0.3 is 10.7 Å². The Morgan fingerprint density at radius 1 is 1.19 bits per heavy atom. The smallest absolute Gasteiger partial charge is 0.0342 e. The second kappa shape index (κ2) is 19.6. The van der Waals surface area contributed by atoms with Crippen molar-refractivity contribution in [3.8, 4) is 0 Å². The van der Waals surface area contributed by atoms with E-state index >= 15 is 0 Å². The van der Waals surface area contributed by atoms with Crippen LogP contribution >= 0.6 is 0 Å². The third-order valence-corrected chi connectivity index (χ3v) is 1.63. The van der Waals surface area contributed by atoms with E-state index in [2.05, 4.69) is 27.0 Å². The predicted octanol–water partition coefficient (Wildman–Crippen LogP) is 3.39. The van der Waals surface area contributed by atoms with Gasteiger partial charge in [-0.25, -0.2) is 5.84 Å². The topological polar surface area (TPSA) is 55.3 Å². The van der Waals surface area contributed by atoms with Crippen LogP contribution in [0.25, 0.3) is 0 Å². The Labute approximate surface area is 102 Å². The maximum Gasteiger partial charge on any atom is 0.0342 e. The molecule has 3 nitrogen and oxygen atoms in total. The van der Waals surface area contributed by atoms with Crippen molar-refractivity contribution in [1.29, 1.82) is 0 Å². The molecule has 3 heteroatoms. The maximum atomic E-state index is 5.73. The van der Waals surface area contributed by atoms with E-state index < -0.39 is 0 Å². The first-order valence-corrected chi connectivity index (χ1v) is 6.18. The van der Waals surface area contributed by atoms with Gasteiger partial charge >= 0.3 is 0 Å². The van der Waals surface area contributed by atoms with Crippen molar-refractivity contribution in [3.05, 3.63) is 25.1 Å². The molecular weight excluding hydrogens is 198 g/mol. The van der Waals surface area contributed by atoms with E-state index in [4.69, 9.17) is 11.6 Å². The van der Waals surface area contributed by atoms with Gasteiger partial charge in [-0.2, -0.15) is 0 Å². The molecule has 0 spiro atoms. The van der Waals surface area contributed by atoms with E-state index in [1.54, 1.807) is 5.01 Å². The summed E-state index contributed by atoms with van der Waals surface area (Å²) in [6, 6.07) is 0. The van der Waals surface area contributed by atoms with Crippen LogP contribution in [0.2, 0.25) is 0 Å². The molecule has 0 aromatic heterocycles. The largest absolute Gasteiger partial charge is 0.401 e. The van der Waals surface area contributed by atoms with Gasteiger partial charge in [-0.05, 0) is 19.3 Å². The minimum Gasteiger partial charge on any atom is -0.401 e. The third kappa shape index (κ3) is 18.8. The molecule has 98 valence electrons. The van der Waals surface area contributed by atoms with Crippen molar-refractivity contribution < 1.29 is 0 Å². The first-order chi connectivity index (χ1) is 7.70. The van der Waals surface area contributed by atoms with Gasteiger partial charge in [0.15, 0.2) is 0 Å². The second-order valence-corrected chi connectivity index (χ2v) is 3.05. The molecule has 4 N–H and O–H groups in total. The monoisotopic (exact) mass is 229 g/mol. The lowest BCUT2D eigenvalue weighted by molar-refractivity contribution is 0.388. The molecule has 0 radical (unpaired) electrons. The summed E-state index contributed by atoms with van der Waals surface area (Å²) < 4.78 is 0. The number of allylic oxidation sites excluding steroid dienone is 1. The van der Waals surface area contributed by atoms with Crippen LogP contribution in [-0.2, 0) is 0 Å². The van der Waals surface area contributed by atoms with Gasteiger partial charge in [0, 0.05) is 18.4 Å². The lowest BCUT2D eigenvalue weighted by Crippen LogP contribution is -2.27. The van der Waals surface area contributed by atoms with Crippen molar-refractivity contribution in [1.82, 2.24) is 5.01 Å². The highest BCUT2D eigenvalue weighted by Gasteiger charge is 1.93. The van der Waals surface area contributed by atoms with E-state index in [9.17, 15) is 0 Å². The molecule has 0 saturated carbocycles. The number of hydrazine groups is 1. The van der Waals surface area contributed by atoms with Crippen molar-refractivity contribution in [2.24, 2.45) is 11.6 Å². The average molecular weight is 229 g/mol. The van der Waals surface area contributed by atoms with Gasteiger partial charge in [-0.3, -0.25) is 0 Å². The van der Waals surface area contributed by atoms with Gasteiger partial charge in [-0.15, -0.1) is 13.2 Å². The van der Waals surface area contributed by atoms with Gasteiger partial charge in [0.2, 0.25) is 0 Å². The number of unbranched alkanes of at least 4 members (excludes halogenated alkanes) is 1. The summed E-state index contributed by atoms with van der Waals surface area (Å²) in [4.78, 5) is 0. The van der Waals surface area contributed by atoms with E-state index in [-0.39, 0.29) is 0 Å². The fourth-order valence-electron chi connectivity index (χ4n) is 0.981. The number of hydrogen-bond donors (Lipinski definition) is 2. The molecule has 0 rings (SSSR count). The molecule has 0 saturated heterocycles. The molecule has 0 amide bonds. The predicted molar refractivity (Wildman–Crippen MR) is 75.6 cm³/mol. The van der Waals surface area contributed by atoms with E-state index in [0.717, 1.165) is 31.5 Å². The standard InChI is InChI=1S/C9H21N3.C2H6.C2H4/c1-3-5-6-9(10)8-12(11)7-4-2;2*1-2/h8H,3-7,10-11H2,1-2H3;1-2H3;1-2H2/b9-8-;;. The molecule has 0 bridgehead atoms. The molecule has 0 heterocycles. The lowest BCUT2D eigenvalue weighted by Gasteiger charge is -2.13. The van der Waals surface area contributed by atoms with Crippen molar-refractivity contribution in [3.63, 3.8) is 0 Å².